The van der Waals surface area contributed by atoms with Crippen LogP contribution in [0.1, 0.15) is 52.3 Å². The summed E-state index contributed by atoms with van der Waals surface area (Å²) in [5, 5.41) is 9.24. The molecule has 1 atom stereocenters. The van der Waals surface area contributed by atoms with Crippen LogP contribution in [0.4, 0.5) is 0 Å². The number of rotatable bonds is 5. The predicted molar refractivity (Wildman–Crippen MR) is 134 cm³/mol. The number of ether oxygens (including phenoxy) is 2. The van der Waals surface area contributed by atoms with Crippen LogP contribution >= 0.6 is 0 Å². The van der Waals surface area contributed by atoms with E-state index in [-0.39, 0.29) is 11.8 Å². The van der Waals surface area contributed by atoms with Gasteiger partial charge in [0, 0.05) is 12.6 Å². The second kappa shape index (κ2) is 9.28. The summed E-state index contributed by atoms with van der Waals surface area (Å²) in [6.45, 7) is 3.10. The molecule has 0 spiro atoms. The summed E-state index contributed by atoms with van der Waals surface area (Å²) in [5.74, 6) is 1.98. The first kappa shape index (κ1) is 22.5. The highest BCUT2D eigenvalue weighted by molar-refractivity contribution is 5.88. The van der Waals surface area contributed by atoms with Crippen molar-refractivity contribution in [2.45, 2.75) is 31.4 Å². The first-order valence-corrected chi connectivity index (χ1v) is 12.3. The number of pyridine rings is 1. The molecule has 2 aromatic carbocycles. The van der Waals surface area contributed by atoms with Crippen LogP contribution in [0.3, 0.4) is 0 Å². The second-order valence-corrected chi connectivity index (χ2v) is 9.48. The topological polar surface area (TPSA) is 89.7 Å². The van der Waals surface area contributed by atoms with E-state index in [0.29, 0.717) is 30.2 Å². The Morgan fingerprint density at radius 2 is 1.83 bits per heavy atom. The molecule has 0 radical (unpaired) electrons. The smallest absolute Gasteiger partial charge is 0.354 e. The molecule has 0 aliphatic carbocycles. The van der Waals surface area contributed by atoms with Crippen molar-refractivity contribution in [3.8, 4) is 11.5 Å². The number of imidazole rings is 1. The Morgan fingerprint density at radius 1 is 1.03 bits per heavy atom. The summed E-state index contributed by atoms with van der Waals surface area (Å²) < 4.78 is 14.5. The molecule has 1 saturated heterocycles. The molecule has 2 aliphatic rings. The number of fused-ring (bicyclic) bond motifs is 2. The Kier molecular flexibility index (Phi) is 5.81. The molecule has 0 bridgehead atoms. The number of para-hydroxylation sites is 1. The molecule has 8 heteroatoms. The minimum absolute atomic E-state index is 0.0327. The van der Waals surface area contributed by atoms with Crippen molar-refractivity contribution < 1.29 is 19.4 Å². The van der Waals surface area contributed by atoms with Crippen LogP contribution in [0, 0.1) is 0 Å². The number of benzene rings is 2. The van der Waals surface area contributed by atoms with Crippen molar-refractivity contribution in [1.82, 2.24) is 19.4 Å². The summed E-state index contributed by atoms with van der Waals surface area (Å²) >= 11 is 0. The lowest BCUT2D eigenvalue weighted by Gasteiger charge is -2.34. The summed E-state index contributed by atoms with van der Waals surface area (Å²) in [7, 11) is 1.90. The zero-order chi connectivity index (χ0) is 24.6. The van der Waals surface area contributed by atoms with Gasteiger partial charge in [-0.2, -0.15) is 0 Å². The normalized spacial score (nSPS) is 18.4. The molecule has 184 valence electrons. The van der Waals surface area contributed by atoms with Crippen LogP contribution in [0.5, 0.6) is 11.5 Å². The van der Waals surface area contributed by atoms with E-state index in [9.17, 15) is 9.90 Å². The largest absolute Gasteiger partial charge is 0.485 e. The number of nitrogens with zero attached hydrogens (tertiary/aromatic N) is 4. The van der Waals surface area contributed by atoms with Gasteiger partial charge in [0.15, 0.2) is 28.9 Å². The lowest BCUT2D eigenvalue weighted by Crippen LogP contribution is -2.33. The van der Waals surface area contributed by atoms with Crippen LogP contribution in [0.15, 0.2) is 60.7 Å². The Hall–Kier alpha value is -3.91. The van der Waals surface area contributed by atoms with Crippen molar-refractivity contribution in [1.29, 1.82) is 0 Å². The summed E-state index contributed by atoms with van der Waals surface area (Å²) in [6.07, 6.45) is 1.95. The van der Waals surface area contributed by atoms with Gasteiger partial charge in [-0.05, 0) is 55.6 Å². The fourth-order valence-corrected chi connectivity index (χ4v) is 5.25. The summed E-state index contributed by atoms with van der Waals surface area (Å²) in [6, 6.07) is 19.7. The Balaban J connectivity index is 1.13. The Bertz CT molecular complexity index is 1410. The van der Waals surface area contributed by atoms with E-state index >= 15 is 0 Å². The van der Waals surface area contributed by atoms with Crippen molar-refractivity contribution in [3.05, 3.63) is 83.3 Å². The number of carboxylic acid groups (broad SMARTS) is 1. The fourth-order valence-electron chi connectivity index (χ4n) is 5.25. The second-order valence-electron chi connectivity index (χ2n) is 9.48. The standard InChI is InChI=1S/C28H28N4O4/c1-31-25(29-21-10-11-22(28(33)34)30-27(21)31)16-32-14-12-18(13-15-32)20-8-5-9-23-26(20)35-17-24(36-23)19-6-3-2-4-7-19/h2-11,18,24H,12-17H2,1H3,(H,33,34). The van der Waals surface area contributed by atoms with Gasteiger partial charge in [-0.15, -0.1) is 0 Å². The predicted octanol–water partition coefficient (Wildman–Crippen LogP) is 4.56. The number of hydrogen-bond donors (Lipinski definition) is 1. The van der Waals surface area contributed by atoms with Crippen LogP contribution in [0.25, 0.3) is 11.2 Å². The molecule has 1 fully saturated rings. The van der Waals surface area contributed by atoms with Crippen LogP contribution < -0.4 is 9.47 Å². The maximum absolute atomic E-state index is 11.3. The van der Waals surface area contributed by atoms with Gasteiger partial charge < -0.3 is 19.1 Å². The van der Waals surface area contributed by atoms with Crippen LogP contribution in [0.2, 0.25) is 0 Å². The number of aromatic carboxylic acids is 1. The lowest BCUT2D eigenvalue weighted by molar-refractivity contribution is 0.0691. The molecular weight excluding hydrogens is 456 g/mol. The van der Waals surface area contributed by atoms with E-state index in [1.807, 2.05) is 35.9 Å². The minimum Gasteiger partial charge on any atom is -0.485 e. The van der Waals surface area contributed by atoms with Gasteiger partial charge in [-0.3, -0.25) is 4.90 Å². The number of carbonyl (C=O) groups is 1. The lowest BCUT2D eigenvalue weighted by atomic mass is 9.88. The van der Waals surface area contributed by atoms with Gasteiger partial charge in [-0.1, -0.05) is 42.5 Å². The van der Waals surface area contributed by atoms with Gasteiger partial charge in [0.05, 0.1) is 6.54 Å². The van der Waals surface area contributed by atoms with Crippen molar-refractivity contribution in [2.24, 2.45) is 7.05 Å². The highest BCUT2D eigenvalue weighted by Gasteiger charge is 2.29. The molecule has 4 heterocycles. The molecule has 0 amide bonds. The first-order chi connectivity index (χ1) is 17.6. The van der Waals surface area contributed by atoms with Crippen molar-refractivity contribution in [3.63, 3.8) is 0 Å². The average Bonchev–Trinajstić information content (AvgIpc) is 3.23. The third kappa shape index (κ3) is 4.18. The number of piperidine rings is 1. The quantitative estimate of drug-likeness (QED) is 0.444. The molecule has 8 nitrogen and oxygen atoms in total. The van der Waals surface area contributed by atoms with E-state index in [0.717, 1.165) is 48.8 Å². The van der Waals surface area contributed by atoms with Crippen molar-refractivity contribution >= 4 is 17.1 Å². The molecule has 0 saturated carbocycles. The number of hydrogen-bond acceptors (Lipinski definition) is 6. The third-order valence-corrected chi connectivity index (χ3v) is 7.25. The van der Waals surface area contributed by atoms with E-state index in [4.69, 9.17) is 14.5 Å². The maximum Gasteiger partial charge on any atom is 0.354 e. The zero-order valence-corrected chi connectivity index (χ0v) is 20.1. The third-order valence-electron chi connectivity index (χ3n) is 7.25. The van der Waals surface area contributed by atoms with Gasteiger partial charge in [0.2, 0.25) is 0 Å². The van der Waals surface area contributed by atoms with E-state index in [2.05, 4.69) is 34.1 Å². The molecule has 6 rings (SSSR count). The average molecular weight is 485 g/mol. The number of aryl methyl sites for hydroxylation is 1. The van der Waals surface area contributed by atoms with Gasteiger partial charge in [0.1, 0.15) is 17.9 Å². The van der Waals surface area contributed by atoms with Crippen LogP contribution in [-0.2, 0) is 13.6 Å². The molecule has 4 aromatic rings. The number of likely N-dealkylation sites (tertiary alicyclic amines) is 1. The molecule has 1 N–H and O–H groups in total. The Labute approximate surface area is 209 Å². The van der Waals surface area contributed by atoms with E-state index in [1.54, 1.807) is 6.07 Å². The minimum atomic E-state index is -1.03. The first-order valence-electron chi connectivity index (χ1n) is 12.3. The molecule has 1 unspecified atom stereocenters. The summed E-state index contributed by atoms with van der Waals surface area (Å²) in [4.78, 5) is 22.6. The molecule has 2 aromatic heterocycles. The molecular formula is C28H28N4O4. The number of aromatic nitrogens is 3. The van der Waals surface area contributed by atoms with E-state index < -0.39 is 5.97 Å². The molecule has 2 aliphatic heterocycles. The SMILES string of the molecule is Cn1c(CN2CCC(c3cccc4c3OCC(c3ccccc3)O4)CC2)nc2ccc(C(=O)O)nc21. The van der Waals surface area contributed by atoms with E-state index in [1.165, 1.54) is 11.6 Å². The van der Waals surface area contributed by atoms with Gasteiger partial charge in [-0.25, -0.2) is 14.8 Å². The fraction of sp³-hybridized carbons (Fsp3) is 0.321. The highest BCUT2D eigenvalue weighted by atomic mass is 16.6. The van der Waals surface area contributed by atoms with Crippen molar-refractivity contribution in [2.75, 3.05) is 19.7 Å². The highest BCUT2D eigenvalue weighted by Crippen LogP contribution is 2.44. The van der Waals surface area contributed by atoms with Gasteiger partial charge >= 0.3 is 5.97 Å². The maximum atomic E-state index is 11.3. The van der Waals surface area contributed by atoms with Gasteiger partial charge in [0.25, 0.3) is 0 Å². The number of carboxylic acids is 1. The van der Waals surface area contributed by atoms with Crippen LogP contribution in [-0.4, -0.2) is 50.2 Å². The monoisotopic (exact) mass is 484 g/mol. The summed E-state index contributed by atoms with van der Waals surface area (Å²) in [5.41, 5.74) is 3.70. The molecule has 36 heavy (non-hydrogen) atoms. The Morgan fingerprint density at radius 3 is 2.61 bits per heavy atom. The zero-order valence-electron chi connectivity index (χ0n) is 20.1.